The molecule has 1 nitrogen and oxygen atoms in total. The van der Waals surface area contributed by atoms with Crippen molar-refractivity contribution < 1.29 is 8.37 Å². The summed E-state index contributed by atoms with van der Waals surface area (Å²) in [6.07, 6.45) is 0.660. The van der Waals surface area contributed by atoms with Gasteiger partial charge in [0.25, 0.3) is 0 Å². The van der Waals surface area contributed by atoms with Crippen molar-refractivity contribution in [3.63, 3.8) is 0 Å². The number of rotatable bonds is 4. The molecule has 11 heavy (non-hydrogen) atoms. The maximum Gasteiger partial charge on any atom is 0.0146 e. The third-order valence-corrected chi connectivity index (χ3v) is 6.38. The SMILES string of the molecule is CCCS(F)(CC)(CC)=NF. The second-order valence-corrected chi connectivity index (χ2v) is 7.24. The lowest BCUT2D eigenvalue weighted by Crippen LogP contribution is -2.34. The minimum Gasteiger partial charge on any atom is -0.177 e. The average Bonchev–Trinajstić information content (AvgIpc) is 2.06. The van der Waals surface area contributed by atoms with Crippen molar-refractivity contribution in [2.24, 2.45) is 4.58 Å². The quantitative estimate of drug-likeness (QED) is 0.638. The van der Waals surface area contributed by atoms with E-state index in [0.29, 0.717) is 6.42 Å². The summed E-state index contributed by atoms with van der Waals surface area (Å²) in [7, 11) is -3.48. The Morgan fingerprint density at radius 3 is 1.73 bits per heavy atom. The fourth-order valence-corrected chi connectivity index (χ4v) is 3.25. The Kier molecular flexibility index (Phi) is 3.61. The highest BCUT2D eigenvalue weighted by Crippen LogP contribution is 2.32. The molecule has 0 aromatic rings. The van der Waals surface area contributed by atoms with Gasteiger partial charge in [0, 0.05) is 17.3 Å². The van der Waals surface area contributed by atoms with E-state index in [9.17, 15) is 8.37 Å². The van der Waals surface area contributed by atoms with Gasteiger partial charge in [0.1, 0.15) is 0 Å². The number of halogens is 2. The Balaban J connectivity index is 4.77. The van der Waals surface area contributed by atoms with Gasteiger partial charge < -0.3 is 0 Å². The first-order chi connectivity index (χ1) is 5.04. The van der Waals surface area contributed by atoms with Gasteiger partial charge in [-0.2, -0.15) is 3.89 Å². The van der Waals surface area contributed by atoms with Crippen LogP contribution < -0.4 is 0 Å². The number of hydrogen-bond donors (Lipinski definition) is 0. The van der Waals surface area contributed by atoms with Crippen LogP contribution in [0.5, 0.6) is 0 Å². The highest BCUT2D eigenvalue weighted by Gasteiger charge is 2.30. The van der Waals surface area contributed by atoms with Crippen LogP contribution in [0.25, 0.3) is 0 Å². The summed E-state index contributed by atoms with van der Waals surface area (Å²) in [5, 5.41) is 0. The van der Waals surface area contributed by atoms with Crippen molar-refractivity contribution >= 4 is 9.34 Å². The zero-order valence-electron chi connectivity index (χ0n) is 7.44. The van der Waals surface area contributed by atoms with E-state index in [4.69, 9.17) is 0 Å². The Labute approximate surface area is 67.5 Å². The minimum absolute atomic E-state index is 0.220. The predicted molar refractivity (Wildman–Crippen MR) is 48.2 cm³/mol. The topological polar surface area (TPSA) is 12.4 Å². The predicted octanol–water partition coefficient (Wildman–Crippen LogP) is 3.08. The number of nitrogens with zero attached hydrogens (tertiary/aromatic N) is 1. The molecule has 0 saturated heterocycles. The molecule has 0 aliphatic carbocycles. The summed E-state index contributed by atoms with van der Waals surface area (Å²) in [6, 6.07) is 0. The molecule has 0 N–H and O–H groups in total. The fraction of sp³-hybridized carbons (Fsp3) is 1.00. The fourth-order valence-electron chi connectivity index (χ4n) is 1.08. The first-order valence-corrected chi connectivity index (χ1v) is 6.40. The van der Waals surface area contributed by atoms with Gasteiger partial charge in [-0.1, -0.05) is 29.8 Å². The van der Waals surface area contributed by atoms with Gasteiger partial charge in [-0.3, -0.25) is 0 Å². The van der Waals surface area contributed by atoms with Crippen LogP contribution in [-0.2, 0) is 9.34 Å². The molecule has 0 radical (unpaired) electrons. The lowest BCUT2D eigenvalue weighted by Gasteiger charge is -2.34. The van der Waals surface area contributed by atoms with Crippen LogP contribution in [0.1, 0.15) is 27.2 Å². The molecule has 0 rings (SSSR count). The van der Waals surface area contributed by atoms with E-state index < -0.39 is 9.34 Å². The maximum atomic E-state index is 13.9. The van der Waals surface area contributed by atoms with Gasteiger partial charge in [-0.15, -0.1) is 0 Å². The Hall–Kier alpha value is 0.01000. The monoisotopic (exact) mass is 185 g/mol. The standard InChI is InChI=1S/C7H17F2NS/c1-4-7-11(9,5-2,6-3)10-8/h4-7H2,1-3H3. The van der Waals surface area contributed by atoms with Crippen molar-refractivity contribution in [3.8, 4) is 0 Å². The summed E-state index contributed by atoms with van der Waals surface area (Å²) in [6.45, 7) is 5.19. The van der Waals surface area contributed by atoms with Crippen molar-refractivity contribution in [2.75, 3.05) is 17.3 Å². The van der Waals surface area contributed by atoms with Gasteiger partial charge in [-0.25, -0.2) is 0 Å². The molecule has 0 saturated carbocycles. The molecular formula is C7H17F2NS. The van der Waals surface area contributed by atoms with Crippen LogP contribution in [0.3, 0.4) is 0 Å². The van der Waals surface area contributed by atoms with E-state index >= 15 is 0 Å². The molecule has 0 heterocycles. The molecule has 0 amide bonds. The first kappa shape index (κ1) is 11.0. The normalized spacial score (nSPS) is 15.5. The van der Waals surface area contributed by atoms with Crippen LogP contribution in [0, 0.1) is 0 Å². The molecule has 0 aromatic carbocycles. The first-order valence-electron chi connectivity index (χ1n) is 3.99. The smallest absolute Gasteiger partial charge is 0.0146 e. The maximum absolute atomic E-state index is 13.9. The summed E-state index contributed by atoms with van der Waals surface area (Å²) in [4.78, 5) is 0. The van der Waals surface area contributed by atoms with E-state index in [0.717, 1.165) is 0 Å². The number of hydrogen-bond acceptors (Lipinski definition) is 1. The molecule has 0 bridgehead atoms. The van der Waals surface area contributed by atoms with Crippen molar-refractivity contribution in [1.29, 1.82) is 0 Å². The Morgan fingerprint density at radius 1 is 1.18 bits per heavy atom. The Morgan fingerprint density at radius 2 is 1.64 bits per heavy atom. The van der Waals surface area contributed by atoms with Crippen LogP contribution in [0.4, 0.5) is 8.37 Å². The highest BCUT2D eigenvalue weighted by molar-refractivity contribution is 8.17. The molecule has 0 atom stereocenters. The minimum atomic E-state index is -3.48. The van der Waals surface area contributed by atoms with Gasteiger partial charge in [-0.05, 0) is 15.8 Å². The molecule has 70 valence electrons. The third-order valence-electron chi connectivity index (χ3n) is 2.13. The van der Waals surface area contributed by atoms with E-state index in [-0.39, 0.29) is 17.3 Å². The van der Waals surface area contributed by atoms with Crippen LogP contribution in [-0.4, -0.2) is 17.3 Å². The van der Waals surface area contributed by atoms with Crippen molar-refractivity contribution in [2.45, 2.75) is 27.2 Å². The summed E-state index contributed by atoms with van der Waals surface area (Å²) >= 11 is 0. The zero-order chi connectivity index (χ0) is 8.98. The van der Waals surface area contributed by atoms with E-state index in [1.807, 2.05) is 6.92 Å². The third kappa shape index (κ3) is 2.22. The van der Waals surface area contributed by atoms with E-state index in [1.54, 1.807) is 13.8 Å². The molecular weight excluding hydrogens is 168 g/mol. The van der Waals surface area contributed by atoms with Gasteiger partial charge in [0.05, 0.1) is 0 Å². The van der Waals surface area contributed by atoms with Crippen molar-refractivity contribution in [1.82, 2.24) is 0 Å². The highest BCUT2D eigenvalue weighted by atomic mass is 32.3. The molecule has 0 aliphatic rings. The van der Waals surface area contributed by atoms with Gasteiger partial charge >= 0.3 is 0 Å². The van der Waals surface area contributed by atoms with E-state index in [2.05, 4.69) is 4.58 Å². The molecule has 0 aliphatic heterocycles. The van der Waals surface area contributed by atoms with Gasteiger partial charge in [0.2, 0.25) is 0 Å². The lowest BCUT2D eigenvalue weighted by molar-refractivity contribution is 0.534. The summed E-state index contributed by atoms with van der Waals surface area (Å²) < 4.78 is 28.6. The molecule has 0 unspecified atom stereocenters. The lowest BCUT2D eigenvalue weighted by atomic mass is 10.6. The Bertz CT molecular complexity index is 181. The van der Waals surface area contributed by atoms with Crippen LogP contribution in [0.15, 0.2) is 4.58 Å². The molecule has 0 fully saturated rings. The average molecular weight is 185 g/mol. The van der Waals surface area contributed by atoms with Gasteiger partial charge in [0.15, 0.2) is 0 Å². The molecule has 0 spiro atoms. The largest absolute Gasteiger partial charge is 0.177 e. The second-order valence-electron chi connectivity index (χ2n) is 2.75. The summed E-state index contributed by atoms with van der Waals surface area (Å²) in [5.41, 5.74) is 0. The van der Waals surface area contributed by atoms with Crippen LogP contribution in [0.2, 0.25) is 0 Å². The zero-order valence-corrected chi connectivity index (χ0v) is 8.26. The van der Waals surface area contributed by atoms with Crippen LogP contribution >= 0.6 is 0 Å². The molecule has 4 heteroatoms. The van der Waals surface area contributed by atoms with Crippen molar-refractivity contribution in [3.05, 3.63) is 0 Å². The second kappa shape index (κ2) is 3.61. The summed E-state index contributed by atoms with van der Waals surface area (Å²) in [5.74, 6) is 0.719. The van der Waals surface area contributed by atoms with E-state index in [1.165, 1.54) is 0 Å². The molecule has 0 aromatic heterocycles.